The van der Waals surface area contributed by atoms with E-state index in [-0.39, 0.29) is 11.5 Å². The van der Waals surface area contributed by atoms with Gasteiger partial charge in [0, 0.05) is 6.04 Å². The molecule has 5 nitrogen and oxygen atoms in total. The molecule has 0 unspecified atom stereocenters. The van der Waals surface area contributed by atoms with Gasteiger partial charge in [-0.2, -0.15) is 0 Å². The Balaban J connectivity index is 2.20. The maximum absolute atomic E-state index is 13.8. The normalized spacial score (nSPS) is 19.7. The molecule has 2 aromatic rings. The van der Waals surface area contributed by atoms with E-state index in [9.17, 15) is 13.2 Å². The van der Waals surface area contributed by atoms with Crippen LogP contribution in [0.4, 0.5) is 5.69 Å². The van der Waals surface area contributed by atoms with E-state index in [4.69, 9.17) is 5.73 Å². The van der Waals surface area contributed by atoms with Crippen LogP contribution in [0.3, 0.4) is 0 Å². The molecule has 0 radical (unpaired) electrons. The number of hydrogen-bond donors (Lipinski definition) is 1. The first-order chi connectivity index (χ1) is 13.4. The van der Waals surface area contributed by atoms with Gasteiger partial charge in [-0.25, -0.2) is 8.42 Å². The molecule has 0 aliphatic carbocycles. The van der Waals surface area contributed by atoms with E-state index in [1.54, 1.807) is 18.2 Å². The van der Waals surface area contributed by atoms with Crippen molar-refractivity contribution in [2.45, 2.75) is 70.2 Å². The second-order valence-corrected chi connectivity index (χ2v) is 10.8. The number of fused-ring (bicyclic) bond motifs is 1. The predicted molar refractivity (Wildman–Crippen MR) is 117 cm³/mol. The third-order valence-corrected chi connectivity index (χ3v) is 7.95. The largest absolute Gasteiger partial charge is 0.369 e. The van der Waals surface area contributed by atoms with Crippen molar-refractivity contribution < 1.29 is 13.2 Å². The molecule has 1 aliphatic rings. The summed E-state index contributed by atoms with van der Waals surface area (Å²) in [6, 6.07) is 10.7. The standard InChI is InChI=1S/C23H30N2O3S/c1-14-11-17(23(4,5)6)12-15(2)21(14)29(27,28)25-16(3)13-19(22(24)26)18-9-7-8-10-20(18)25/h7-12,16,19H,13H2,1-6H3,(H2,24,26)/t16-,19-/m0/s1. The van der Waals surface area contributed by atoms with Gasteiger partial charge < -0.3 is 5.73 Å². The van der Waals surface area contributed by atoms with Crippen molar-refractivity contribution in [3.8, 4) is 0 Å². The summed E-state index contributed by atoms with van der Waals surface area (Å²) in [6.45, 7) is 11.9. The van der Waals surface area contributed by atoms with Crippen molar-refractivity contribution in [2.24, 2.45) is 5.73 Å². The average Bonchev–Trinajstić information content (AvgIpc) is 2.58. The number of rotatable bonds is 3. The van der Waals surface area contributed by atoms with Crippen LogP contribution in [0.15, 0.2) is 41.3 Å². The molecule has 1 heterocycles. The van der Waals surface area contributed by atoms with Crippen LogP contribution in [0.2, 0.25) is 0 Å². The molecule has 29 heavy (non-hydrogen) atoms. The number of primary amides is 1. The minimum atomic E-state index is -3.82. The van der Waals surface area contributed by atoms with Crippen molar-refractivity contribution in [1.29, 1.82) is 0 Å². The van der Waals surface area contributed by atoms with E-state index >= 15 is 0 Å². The Hall–Kier alpha value is -2.34. The Labute approximate surface area is 174 Å². The summed E-state index contributed by atoms with van der Waals surface area (Å²) in [4.78, 5) is 12.3. The maximum atomic E-state index is 13.8. The van der Waals surface area contributed by atoms with Gasteiger partial charge in [-0.05, 0) is 60.9 Å². The summed E-state index contributed by atoms with van der Waals surface area (Å²) in [5, 5.41) is 0. The zero-order chi connectivity index (χ0) is 21.7. The Bertz CT molecular complexity index is 1040. The highest BCUT2D eigenvalue weighted by molar-refractivity contribution is 7.93. The third-order valence-electron chi connectivity index (χ3n) is 5.71. The summed E-state index contributed by atoms with van der Waals surface area (Å²) >= 11 is 0. The van der Waals surface area contributed by atoms with Crippen LogP contribution >= 0.6 is 0 Å². The molecule has 0 spiro atoms. The number of hydrogen-bond acceptors (Lipinski definition) is 3. The van der Waals surface area contributed by atoms with Crippen LogP contribution in [0.5, 0.6) is 0 Å². The molecule has 3 rings (SSSR count). The number of para-hydroxylation sites is 1. The van der Waals surface area contributed by atoms with Gasteiger partial charge in [0.05, 0.1) is 16.5 Å². The molecule has 0 saturated carbocycles. The Morgan fingerprint density at radius 2 is 1.66 bits per heavy atom. The highest BCUT2D eigenvalue weighted by atomic mass is 32.2. The molecule has 2 atom stereocenters. The molecule has 156 valence electrons. The minimum absolute atomic E-state index is 0.0719. The maximum Gasteiger partial charge on any atom is 0.265 e. The first-order valence-corrected chi connectivity index (χ1v) is 11.3. The van der Waals surface area contributed by atoms with E-state index in [1.807, 2.05) is 39.0 Å². The van der Waals surface area contributed by atoms with Crippen LogP contribution in [-0.4, -0.2) is 20.4 Å². The zero-order valence-corrected chi connectivity index (χ0v) is 18.8. The molecule has 1 aliphatic heterocycles. The number of carbonyl (C=O) groups excluding carboxylic acids is 1. The van der Waals surface area contributed by atoms with Crippen LogP contribution in [0.1, 0.15) is 62.3 Å². The van der Waals surface area contributed by atoms with E-state index in [0.717, 1.165) is 16.7 Å². The lowest BCUT2D eigenvalue weighted by Crippen LogP contribution is -2.45. The van der Waals surface area contributed by atoms with Crippen LogP contribution < -0.4 is 10.0 Å². The number of amides is 1. The molecular formula is C23H30N2O3S. The average molecular weight is 415 g/mol. The number of aryl methyl sites for hydroxylation is 2. The zero-order valence-electron chi connectivity index (χ0n) is 18.0. The summed E-state index contributed by atoms with van der Waals surface area (Å²) in [7, 11) is -3.82. The first kappa shape index (κ1) is 21.4. The van der Waals surface area contributed by atoms with Crippen molar-refractivity contribution in [2.75, 3.05) is 4.31 Å². The summed E-state index contributed by atoms with van der Waals surface area (Å²) in [5.74, 6) is -0.915. The van der Waals surface area contributed by atoms with Gasteiger partial charge in [0.1, 0.15) is 0 Å². The van der Waals surface area contributed by atoms with Gasteiger partial charge in [0.2, 0.25) is 5.91 Å². The van der Waals surface area contributed by atoms with Crippen molar-refractivity contribution in [3.05, 3.63) is 58.7 Å². The number of sulfonamides is 1. The van der Waals surface area contributed by atoms with E-state index in [1.165, 1.54) is 4.31 Å². The second-order valence-electron chi connectivity index (χ2n) is 9.09. The highest BCUT2D eigenvalue weighted by Crippen LogP contribution is 2.42. The summed E-state index contributed by atoms with van der Waals surface area (Å²) in [5.41, 5.74) is 9.31. The molecule has 0 bridgehead atoms. The van der Waals surface area contributed by atoms with E-state index in [2.05, 4.69) is 20.8 Å². The fourth-order valence-corrected chi connectivity index (χ4v) is 6.42. The number of carbonyl (C=O) groups is 1. The molecule has 0 aromatic heterocycles. The quantitative estimate of drug-likeness (QED) is 0.819. The molecule has 1 amide bonds. The molecular weight excluding hydrogens is 384 g/mol. The molecule has 0 fully saturated rings. The fourth-order valence-electron chi connectivity index (χ4n) is 4.31. The van der Waals surface area contributed by atoms with E-state index in [0.29, 0.717) is 22.6 Å². The van der Waals surface area contributed by atoms with E-state index < -0.39 is 21.8 Å². The summed E-state index contributed by atoms with van der Waals surface area (Å²) < 4.78 is 29.2. The monoisotopic (exact) mass is 414 g/mol. The van der Waals surface area contributed by atoms with Crippen LogP contribution in [0.25, 0.3) is 0 Å². The van der Waals surface area contributed by atoms with Crippen LogP contribution in [0, 0.1) is 13.8 Å². The molecule has 0 saturated heterocycles. The highest BCUT2D eigenvalue weighted by Gasteiger charge is 2.40. The molecule has 2 N–H and O–H groups in total. The lowest BCUT2D eigenvalue weighted by atomic mass is 9.85. The minimum Gasteiger partial charge on any atom is -0.369 e. The van der Waals surface area contributed by atoms with Gasteiger partial charge in [0.15, 0.2) is 0 Å². The van der Waals surface area contributed by atoms with Crippen molar-refractivity contribution in [1.82, 2.24) is 0 Å². The Kier molecular flexibility index (Phi) is 5.28. The second kappa shape index (κ2) is 7.17. The molecule has 2 aromatic carbocycles. The van der Waals surface area contributed by atoms with Gasteiger partial charge in [-0.15, -0.1) is 0 Å². The topological polar surface area (TPSA) is 80.5 Å². The van der Waals surface area contributed by atoms with Crippen molar-refractivity contribution in [3.63, 3.8) is 0 Å². The Morgan fingerprint density at radius 1 is 1.10 bits per heavy atom. The first-order valence-electron chi connectivity index (χ1n) is 9.90. The third kappa shape index (κ3) is 3.66. The lowest BCUT2D eigenvalue weighted by molar-refractivity contribution is -0.119. The molecule has 6 heteroatoms. The number of nitrogens with zero attached hydrogens (tertiary/aromatic N) is 1. The summed E-state index contributed by atoms with van der Waals surface area (Å²) in [6.07, 6.45) is 0.365. The van der Waals surface area contributed by atoms with Crippen molar-refractivity contribution >= 4 is 21.6 Å². The van der Waals surface area contributed by atoms with Crippen LogP contribution in [-0.2, 0) is 20.2 Å². The van der Waals surface area contributed by atoms with Gasteiger partial charge >= 0.3 is 0 Å². The number of benzene rings is 2. The Morgan fingerprint density at radius 3 is 2.17 bits per heavy atom. The number of anilines is 1. The lowest BCUT2D eigenvalue weighted by Gasteiger charge is -2.39. The SMILES string of the molecule is Cc1cc(C(C)(C)C)cc(C)c1S(=O)(=O)N1c2ccccc2[C@@H](C(N)=O)C[C@@H]1C. The predicted octanol–water partition coefficient (Wildman–Crippen LogP) is 4.16. The van der Waals surface area contributed by atoms with Gasteiger partial charge in [-0.1, -0.05) is 51.1 Å². The smallest absolute Gasteiger partial charge is 0.265 e. The van der Waals surface area contributed by atoms with Gasteiger partial charge in [-0.3, -0.25) is 9.10 Å². The van der Waals surface area contributed by atoms with Gasteiger partial charge in [0.25, 0.3) is 10.0 Å². The fraction of sp³-hybridized carbons (Fsp3) is 0.435. The number of nitrogens with two attached hydrogens (primary N) is 1.